The number of aliphatic imine (C=N–C) groups is 1. The molecule has 1 atom stereocenters. The molecule has 0 saturated heterocycles. The maximum Gasteiger partial charge on any atom is 0.243 e. The zero-order valence-corrected chi connectivity index (χ0v) is 16.4. The second-order valence-corrected chi connectivity index (χ2v) is 7.13. The third-order valence-electron chi connectivity index (χ3n) is 3.98. The fraction of sp³-hybridized carbons (Fsp3) is 0.600. The summed E-state index contributed by atoms with van der Waals surface area (Å²) in [6.45, 7) is 7.56. The Morgan fingerprint density at radius 3 is 2.40 bits per heavy atom. The van der Waals surface area contributed by atoms with Crippen LogP contribution in [0.15, 0.2) is 35.3 Å². The molecule has 140 valence electrons. The van der Waals surface area contributed by atoms with Gasteiger partial charge in [-0.2, -0.15) is 0 Å². The van der Waals surface area contributed by atoms with Crippen molar-refractivity contribution >= 4 is 11.9 Å². The summed E-state index contributed by atoms with van der Waals surface area (Å²) >= 11 is 0. The first-order chi connectivity index (χ1) is 11.9. The number of nitrogens with one attached hydrogen (secondary N) is 2. The van der Waals surface area contributed by atoms with Crippen LogP contribution in [-0.4, -0.2) is 50.0 Å². The van der Waals surface area contributed by atoms with E-state index in [-0.39, 0.29) is 12.5 Å². The van der Waals surface area contributed by atoms with Gasteiger partial charge in [0, 0.05) is 26.7 Å². The van der Waals surface area contributed by atoms with Crippen LogP contribution in [0.25, 0.3) is 0 Å². The van der Waals surface area contributed by atoms with E-state index in [1.165, 1.54) is 12.0 Å². The van der Waals surface area contributed by atoms with Crippen LogP contribution in [0.5, 0.6) is 0 Å². The lowest BCUT2D eigenvalue weighted by atomic mass is 10.0. The summed E-state index contributed by atoms with van der Waals surface area (Å²) in [5.41, 5.74) is 1.28. The molecular formula is C20H34N4O. The average Bonchev–Trinajstić information content (AvgIpc) is 2.58. The number of rotatable bonds is 9. The van der Waals surface area contributed by atoms with E-state index in [4.69, 9.17) is 0 Å². The Labute approximate surface area is 152 Å². The molecule has 5 nitrogen and oxygen atoms in total. The van der Waals surface area contributed by atoms with Gasteiger partial charge in [-0.05, 0) is 37.7 Å². The molecule has 25 heavy (non-hydrogen) atoms. The van der Waals surface area contributed by atoms with Crippen molar-refractivity contribution in [2.24, 2.45) is 10.9 Å². The number of nitrogens with zero attached hydrogens (tertiary/aromatic N) is 2. The van der Waals surface area contributed by atoms with Crippen LogP contribution in [0.4, 0.5) is 0 Å². The molecule has 0 fully saturated rings. The highest BCUT2D eigenvalue weighted by Crippen LogP contribution is 2.06. The number of hydrogen-bond acceptors (Lipinski definition) is 2. The van der Waals surface area contributed by atoms with Crippen LogP contribution in [0.2, 0.25) is 0 Å². The molecule has 0 aromatic heterocycles. The van der Waals surface area contributed by atoms with Gasteiger partial charge in [0.05, 0.1) is 0 Å². The van der Waals surface area contributed by atoms with E-state index in [1.807, 2.05) is 18.2 Å². The number of carbonyl (C=O) groups is 1. The third kappa shape index (κ3) is 9.75. The van der Waals surface area contributed by atoms with Gasteiger partial charge in [-0.25, -0.2) is 4.99 Å². The van der Waals surface area contributed by atoms with Gasteiger partial charge in [-0.1, -0.05) is 44.2 Å². The Bertz CT molecular complexity index is 526. The van der Waals surface area contributed by atoms with Crippen molar-refractivity contribution in [3.63, 3.8) is 0 Å². The lowest BCUT2D eigenvalue weighted by Gasteiger charge is -2.19. The van der Waals surface area contributed by atoms with E-state index in [0.29, 0.717) is 17.9 Å². The Morgan fingerprint density at radius 1 is 1.12 bits per heavy atom. The van der Waals surface area contributed by atoms with Crippen LogP contribution in [0.1, 0.15) is 39.2 Å². The van der Waals surface area contributed by atoms with E-state index in [2.05, 4.69) is 48.5 Å². The molecule has 1 unspecified atom stereocenters. The highest BCUT2D eigenvalue weighted by Gasteiger charge is 2.08. The van der Waals surface area contributed by atoms with Gasteiger partial charge in [0.2, 0.25) is 5.91 Å². The lowest BCUT2D eigenvalue weighted by Crippen LogP contribution is -2.43. The largest absolute Gasteiger partial charge is 0.356 e. The van der Waals surface area contributed by atoms with Crippen LogP contribution in [0.3, 0.4) is 0 Å². The summed E-state index contributed by atoms with van der Waals surface area (Å²) in [7, 11) is 3.50. The molecular weight excluding hydrogens is 312 g/mol. The van der Waals surface area contributed by atoms with Gasteiger partial charge in [0.1, 0.15) is 6.54 Å². The van der Waals surface area contributed by atoms with Crippen LogP contribution < -0.4 is 10.6 Å². The highest BCUT2D eigenvalue weighted by molar-refractivity contribution is 5.84. The van der Waals surface area contributed by atoms with Gasteiger partial charge in [-0.15, -0.1) is 0 Å². The molecule has 5 heteroatoms. The first-order valence-electron chi connectivity index (χ1n) is 9.17. The summed E-state index contributed by atoms with van der Waals surface area (Å²) in [5.74, 6) is 1.40. The second-order valence-electron chi connectivity index (χ2n) is 7.13. The van der Waals surface area contributed by atoms with E-state index < -0.39 is 0 Å². The van der Waals surface area contributed by atoms with E-state index in [1.54, 1.807) is 19.0 Å². The van der Waals surface area contributed by atoms with Crippen molar-refractivity contribution in [1.29, 1.82) is 0 Å². The molecule has 0 aliphatic heterocycles. The van der Waals surface area contributed by atoms with Gasteiger partial charge in [-0.3, -0.25) is 4.79 Å². The highest BCUT2D eigenvalue weighted by atomic mass is 16.2. The molecule has 1 rings (SSSR count). The van der Waals surface area contributed by atoms with Crippen molar-refractivity contribution in [1.82, 2.24) is 15.5 Å². The van der Waals surface area contributed by atoms with E-state index in [9.17, 15) is 4.79 Å². The maximum absolute atomic E-state index is 11.8. The zero-order valence-electron chi connectivity index (χ0n) is 16.4. The Morgan fingerprint density at radius 2 is 1.80 bits per heavy atom. The van der Waals surface area contributed by atoms with Gasteiger partial charge in [0.25, 0.3) is 0 Å². The topological polar surface area (TPSA) is 56.7 Å². The Hall–Kier alpha value is -2.04. The summed E-state index contributed by atoms with van der Waals surface area (Å²) in [4.78, 5) is 17.8. The molecule has 1 amide bonds. The summed E-state index contributed by atoms with van der Waals surface area (Å²) in [5, 5.41) is 6.77. The molecule has 0 bridgehead atoms. The predicted molar refractivity (Wildman–Crippen MR) is 106 cm³/mol. The van der Waals surface area contributed by atoms with Crippen molar-refractivity contribution in [3.8, 4) is 0 Å². The summed E-state index contributed by atoms with van der Waals surface area (Å²) < 4.78 is 0. The molecule has 1 aromatic carbocycles. The average molecular weight is 347 g/mol. The number of benzene rings is 1. The Kier molecular flexibility index (Phi) is 9.66. The quantitative estimate of drug-likeness (QED) is 0.534. The van der Waals surface area contributed by atoms with Gasteiger partial charge < -0.3 is 15.5 Å². The fourth-order valence-corrected chi connectivity index (χ4v) is 2.30. The minimum absolute atomic E-state index is 0.000933. The van der Waals surface area contributed by atoms with Crippen molar-refractivity contribution in [2.45, 2.75) is 46.1 Å². The van der Waals surface area contributed by atoms with Crippen molar-refractivity contribution in [3.05, 3.63) is 35.9 Å². The van der Waals surface area contributed by atoms with Crippen molar-refractivity contribution in [2.75, 3.05) is 27.2 Å². The number of carbonyl (C=O) groups excluding carboxylic acids is 1. The molecule has 0 radical (unpaired) electrons. The molecule has 0 spiro atoms. The maximum atomic E-state index is 11.8. The molecule has 2 N–H and O–H groups in total. The zero-order chi connectivity index (χ0) is 18.7. The Balaban J connectivity index is 2.57. The second kappa shape index (κ2) is 11.5. The SMILES string of the molecule is CC(C)CCC(C)NC(=NCC(=O)N(C)C)NCCc1ccccc1. The molecule has 0 saturated carbocycles. The van der Waals surface area contributed by atoms with Crippen LogP contribution in [0, 0.1) is 5.92 Å². The molecule has 0 aliphatic carbocycles. The smallest absolute Gasteiger partial charge is 0.243 e. The van der Waals surface area contributed by atoms with Crippen LogP contribution in [-0.2, 0) is 11.2 Å². The van der Waals surface area contributed by atoms with Crippen LogP contribution >= 0.6 is 0 Å². The molecule has 1 aromatic rings. The summed E-state index contributed by atoms with van der Waals surface area (Å²) in [6.07, 6.45) is 3.17. The first-order valence-corrected chi connectivity index (χ1v) is 9.17. The molecule has 0 heterocycles. The standard InChI is InChI=1S/C20H34N4O/c1-16(2)11-12-17(3)23-20(22-15-19(25)24(4)5)21-14-13-18-9-7-6-8-10-18/h6-10,16-17H,11-15H2,1-5H3,(H2,21,22,23). The minimum atomic E-state index is -0.000933. The number of guanidine groups is 1. The minimum Gasteiger partial charge on any atom is -0.356 e. The number of likely N-dealkylation sites (N-methyl/N-ethyl adjacent to an activating group) is 1. The normalized spacial score (nSPS) is 12.8. The monoisotopic (exact) mass is 346 g/mol. The van der Waals surface area contributed by atoms with E-state index >= 15 is 0 Å². The van der Waals surface area contributed by atoms with E-state index in [0.717, 1.165) is 19.4 Å². The summed E-state index contributed by atoms with van der Waals surface area (Å²) in [6, 6.07) is 10.7. The van der Waals surface area contributed by atoms with Gasteiger partial charge >= 0.3 is 0 Å². The van der Waals surface area contributed by atoms with Crippen molar-refractivity contribution < 1.29 is 4.79 Å². The molecule has 0 aliphatic rings. The third-order valence-corrected chi connectivity index (χ3v) is 3.98. The van der Waals surface area contributed by atoms with Gasteiger partial charge in [0.15, 0.2) is 5.96 Å². The fourth-order valence-electron chi connectivity index (χ4n) is 2.30. The lowest BCUT2D eigenvalue weighted by molar-refractivity contribution is -0.127. The number of amides is 1. The number of hydrogen-bond donors (Lipinski definition) is 2. The predicted octanol–water partition coefficient (Wildman–Crippen LogP) is 2.68. The first kappa shape index (κ1) is 21.0.